The molecule has 1 N–H and O–H groups in total. The van der Waals surface area contributed by atoms with E-state index in [2.05, 4.69) is 12.2 Å². The molecule has 0 saturated carbocycles. The second-order valence-corrected chi connectivity index (χ2v) is 4.70. The first-order valence-corrected chi connectivity index (χ1v) is 6.92. The highest BCUT2D eigenvalue weighted by Crippen LogP contribution is 2.34. The van der Waals surface area contributed by atoms with Gasteiger partial charge in [-0.3, -0.25) is 0 Å². The Morgan fingerprint density at radius 2 is 1.85 bits per heavy atom. The molecule has 0 amide bonds. The molecular weight excluding hydrogens is 274 g/mol. The Hall–Kier alpha value is -1.71. The Balaban J connectivity index is 2.27. The number of benzene rings is 2. The van der Waals surface area contributed by atoms with Crippen LogP contribution < -0.4 is 14.8 Å². The van der Waals surface area contributed by atoms with E-state index in [0.717, 1.165) is 24.4 Å². The molecule has 0 aliphatic heterocycles. The first kappa shape index (κ1) is 14.7. The van der Waals surface area contributed by atoms with Crippen molar-refractivity contribution in [1.82, 2.24) is 5.32 Å². The molecule has 0 unspecified atom stereocenters. The molecule has 0 aliphatic carbocycles. The Morgan fingerprint density at radius 1 is 1.10 bits per heavy atom. The van der Waals surface area contributed by atoms with Crippen LogP contribution in [-0.4, -0.2) is 13.7 Å². The molecule has 0 saturated heterocycles. The third kappa shape index (κ3) is 3.65. The second kappa shape index (κ2) is 7.17. The van der Waals surface area contributed by atoms with Gasteiger partial charge in [0.05, 0.1) is 12.1 Å². The van der Waals surface area contributed by atoms with E-state index in [-0.39, 0.29) is 0 Å². The summed E-state index contributed by atoms with van der Waals surface area (Å²) in [6.45, 7) is 3.68. The van der Waals surface area contributed by atoms with Crippen molar-refractivity contribution in [3.63, 3.8) is 0 Å². The number of ether oxygens (including phenoxy) is 2. The summed E-state index contributed by atoms with van der Waals surface area (Å²) in [5, 5.41) is 3.88. The third-order valence-corrected chi connectivity index (χ3v) is 3.17. The molecule has 0 spiro atoms. The fourth-order valence-corrected chi connectivity index (χ4v) is 2.08. The molecule has 0 fully saturated rings. The van der Waals surface area contributed by atoms with Gasteiger partial charge in [-0.1, -0.05) is 36.7 Å². The maximum absolute atomic E-state index is 6.25. The van der Waals surface area contributed by atoms with E-state index in [4.69, 9.17) is 21.1 Å². The standard InChI is InChI=1S/C16H18ClNO2/c1-3-18-11-12-6-4-9-15(17)16(12)20-14-8-5-7-13(10-14)19-2/h4-10,18H,3,11H2,1-2H3. The van der Waals surface area contributed by atoms with E-state index in [9.17, 15) is 0 Å². The SMILES string of the molecule is CCNCc1cccc(Cl)c1Oc1cccc(OC)c1. The molecule has 4 heteroatoms. The number of hydrogen-bond acceptors (Lipinski definition) is 3. The summed E-state index contributed by atoms with van der Waals surface area (Å²) in [5.41, 5.74) is 1.03. The van der Waals surface area contributed by atoms with Gasteiger partial charge in [0.15, 0.2) is 0 Å². The summed E-state index contributed by atoms with van der Waals surface area (Å²) in [6.07, 6.45) is 0. The van der Waals surface area contributed by atoms with Crippen LogP contribution in [0, 0.1) is 0 Å². The lowest BCUT2D eigenvalue weighted by molar-refractivity contribution is 0.408. The van der Waals surface area contributed by atoms with Gasteiger partial charge in [0.2, 0.25) is 0 Å². The van der Waals surface area contributed by atoms with E-state index in [1.54, 1.807) is 7.11 Å². The molecule has 0 aromatic heterocycles. The van der Waals surface area contributed by atoms with Crippen molar-refractivity contribution in [3.05, 3.63) is 53.1 Å². The van der Waals surface area contributed by atoms with Gasteiger partial charge in [0.25, 0.3) is 0 Å². The van der Waals surface area contributed by atoms with Crippen LogP contribution in [0.5, 0.6) is 17.2 Å². The van der Waals surface area contributed by atoms with Gasteiger partial charge in [-0.2, -0.15) is 0 Å². The summed E-state index contributed by atoms with van der Waals surface area (Å²) in [4.78, 5) is 0. The van der Waals surface area contributed by atoms with E-state index in [0.29, 0.717) is 16.5 Å². The normalized spacial score (nSPS) is 10.3. The van der Waals surface area contributed by atoms with Crippen molar-refractivity contribution < 1.29 is 9.47 Å². The van der Waals surface area contributed by atoms with Gasteiger partial charge in [-0.15, -0.1) is 0 Å². The monoisotopic (exact) mass is 291 g/mol. The Labute approximate surface area is 124 Å². The third-order valence-electron chi connectivity index (χ3n) is 2.88. The number of methoxy groups -OCH3 is 1. The minimum Gasteiger partial charge on any atom is -0.497 e. The zero-order valence-electron chi connectivity index (χ0n) is 11.7. The van der Waals surface area contributed by atoms with Crippen LogP contribution in [0.3, 0.4) is 0 Å². The molecule has 106 valence electrons. The first-order valence-electron chi connectivity index (χ1n) is 6.54. The summed E-state index contributed by atoms with van der Waals surface area (Å²) < 4.78 is 11.1. The number of para-hydroxylation sites is 1. The quantitative estimate of drug-likeness (QED) is 0.863. The molecule has 0 heterocycles. The zero-order chi connectivity index (χ0) is 14.4. The predicted octanol–water partition coefficient (Wildman–Crippen LogP) is 4.25. The van der Waals surface area contributed by atoms with E-state index >= 15 is 0 Å². The van der Waals surface area contributed by atoms with Crippen LogP contribution in [-0.2, 0) is 6.54 Å². The second-order valence-electron chi connectivity index (χ2n) is 4.29. The molecule has 2 aromatic carbocycles. The topological polar surface area (TPSA) is 30.5 Å². The average Bonchev–Trinajstić information content (AvgIpc) is 2.48. The van der Waals surface area contributed by atoms with E-state index in [1.807, 2.05) is 42.5 Å². The summed E-state index contributed by atoms with van der Waals surface area (Å²) in [7, 11) is 1.63. The van der Waals surface area contributed by atoms with Crippen molar-refractivity contribution in [2.45, 2.75) is 13.5 Å². The zero-order valence-corrected chi connectivity index (χ0v) is 12.4. The molecule has 0 radical (unpaired) electrons. The minimum absolute atomic E-state index is 0.600. The molecule has 20 heavy (non-hydrogen) atoms. The Bertz CT molecular complexity index is 572. The average molecular weight is 292 g/mol. The maximum Gasteiger partial charge on any atom is 0.150 e. The van der Waals surface area contributed by atoms with Crippen molar-refractivity contribution in [1.29, 1.82) is 0 Å². The number of nitrogens with one attached hydrogen (secondary N) is 1. The van der Waals surface area contributed by atoms with Crippen LogP contribution in [0.2, 0.25) is 5.02 Å². The number of hydrogen-bond donors (Lipinski definition) is 1. The number of halogens is 1. The molecule has 2 rings (SSSR count). The van der Waals surface area contributed by atoms with Gasteiger partial charge >= 0.3 is 0 Å². The summed E-state index contributed by atoms with van der Waals surface area (Å²) in [5.74, 6) is 2.14. The fourth-order valence-electron chi connectivity index (χ4n) is 1.85. The van der Waals surface area contributed by atoms with Crippen LogP contribution >= 0.6 is 11.6 Å². The van der Waals surface area contributed by atoms with E-state index < -0.39 is 0 Å². The molecule has 0 bridgehead atoms. The van der Waals surface area contributed by atoms with Crippen LogP contribution in [0.1, 0.15) is 12.5 Å². The predicted molar refractivity (Wildman–Crippen MR) is 81.9 cm³/mol. The van der Waals surface area contributed by atoms with Crippen LogP contribution in [0.4, 0.5) is 0 Å². The van der Waals surface area contributed by atoms with Gasteiger partial charge in [-0.25, -0.2) is 0 Å². The maximum atomic E-state index is 6.25. The van der Waals surface area contributed by atoms with Gasteiger partial charge in [0, 0.05) is 18.2 Å². The molecule has 2 aromatic rings. The summed E-state index contributed by atoms with van der Waals surface area (Å²) >= 11 is 6.25. The van der Waals surface area contributed by atoms with Crippen molar-refractivity contribution >= 4 is 11.6 Å². The van der Waals surface area contributed by atoms with Gasteiger partial charge in [0.1, 0.15) is 17.2 Å². The lowest BCUT2D eigenvalue weighted by atomic mass is 10.2. The lowest BCUT2D eigenvalue weighted by Gasteiger charge is -2.13. The molecule has 0 aliphatic rings. The van der Waals surface area contributed by atoms with Gasteiger partial charge in [-0.05, 0) is 24.7 Å². The largest absolute Gasteiger partial charge is 0.497 e. The highest BCUT2D eigenvalue weighted by Gasteiger charge is 2.09. The molecule has 3 nitrogen and oxygen atoms in total. The van der Waals surface area contributed by atoms with Crippen molar-refractivity contribution in [3.8, 4) is 17.2 Å². The van der Waals surface area contributed by atoms with Crippen molar-refractivity contribution in [2.75, 3.05) is 13.7 Å². The van der Waals surface area contributed by atoms with E-state index in [1.165, 1.54) is 0 Å². The smallest absolute Gasteiger partial charge is 0.150 e. The highest BCUT2D eigenvalue weighted by molar-refractivity contribution is 6.32. The molecule has 0 atom stereocenters. The lowest BCUT2D eigenvalue weighted by Crippen LogP contribution is -2.12. The minimum atomic E-state index is 0.600. The Morgan fingerprint density at radius 3 is 2.60 bits per heavy atom. The summed E-state index contributed by atoms with van der Waals surface area (Å²) in [6, 6.07) is 13.2. The van der Waals surface area contributed by atoms with Gasteiger partial charge < -0.3 is 14.8 Å². The van der Waals surface area contributed by atoms with Crippen LogP contribution in [0.25, 0.3) is 0 Å². The van der Waals surface area contributed by atoms with Crippen LogP contribution in [0.15, 0.2) is 42.5 Å². The fraction of sp³-hybridized carbons (Fsp3) is 0.250. The molecular formula is C16H18ClNO2. The number of rotatable bonds is 6. The van der Waals surface area contributed by atoms with Crippen molar-refractivity contribution in [2.24, 2.45) is 0 Å². The highest BCUT2D eigenvalue weighted by atomic mass is 35.5. The first-order chi connectivity index (χ1) is 9.74. The Kier molecular flexibility index (Phi) is 5.27.